The third-order valence-corrected chi connectivity index (χ3v) is 2.64. The van der Waals surface area contributed by atoms with Crippen molar-refractivity contribution in [1.82, 2.24) is 4.98 Å². The van der Waals surface area contributed by atoms with E-state index < -0.39 is 5.97 Å². The number of hydrogen-bond acceptors (Lipinski definition) is 2. The molecule has 0 unspecified atom stereocenters. The maximum atomic E-state index is 11.0. The van der Waals surface area contributed by atoms with Gasteiger partial charge < -0.3 is 5.11 Å². The Labute approximate surface area is 104 Å². The van der Waals surface area contributed by atoms with Crippen molar-refractivity contribution in [3.05, 3.63) is 59.2 Å². The average Bonchev–Trinajstić information content (AvgIpc) is 2.38. The summed E-state index contributed by atoms with van der Waals surface area (Å²) in [5.41, 5.74) is 2.95. The lowest BCUT2D eigenvalue weighted by atomic mass is 10.00. The lowest BCUT2D eigenvalue weighted by Crippen LogP contribution is -1.96. The minimum absolute atomic E-state index is 0.113. The molecule has 0 aliphatic heterocycles. The minimum Gasteiger partial charge on any atom is -0.478 e. The van der Waals surface area contributed by atoms with Gasteiger partial charge in [0.15, 0.2) is 5.69 Å². The van der Waals surface area contributed by atoms with Gasteiger partial charge in [0, 0.05) is 23.5 Å². The first-order valence-electron chi connectivity index (χ1n) is 5.28. The molecule has 0 aliphatic rings. The Kier molecular flexibility index (Phi) is 3.07. The van der Waals surface area contributed by atoms with Crippen molar-refractivity contribution in [3.63, 3.8) is 0 Å². The summed E-state index contributed by atoms with van der Waals surface area (Å²) in [5.74, 6) is -1.04. The van der Waals surface area contributed by atoms with E-state index in [9.17, 15) is 4.79 Å². The summed E-state index contributed by atoms with van der Waals surface area (Å²) in [6.07, 6.45) is 3.35. The molecular formula is C14H10N2O2. The van der Waals surface area contributed by atoms with Crippen LogP contribution in [0.25, 0.3) is 16.0 Å². The molecule has 4 nitrogen and oxygen atoms in total. The maximum Gasteiger partial charge on any atom is 0.334 e. The fraction of sp³-hybridized carbons (Fsp3) is 0.0714. The van der Waals surface area contributed by atoms with E-state index in [0.29, 0.717) is 11.3 Å². The zero-order valence-electron chi connectivity index (χ0n) is 9.71. The summed E-state index contributed by atoms with van der Waals surface area (Å²) in [6, 6.07) is 6.44. The molecular weight excluding hydrogens is 228 g/mol. The summed E-state index contributed by atoms with van der Waals surface area (Å²) in [7, 11) is 0. The van der Waals surface area contributed by atoms with E-state index in [0.717, 1.165) is 11.1 Å². The molecule has 0 fully saturated rings. The van der Waals surface area contributed by atoms with E-state index in [4.69, 9.17) is 11.7 Å². The van der Waals surface area contributed by atoms with E-state index in [1.165, 1.54) is 6.07 Å². The monoisotopic (exact) mass is 238 g/mol. The first-order valence-corrected chi connectivity index (χ1v) is 5.28. The Morgan fingerprint density at radius 3 is 2.78 bits per heavy atom. The van der Waals surface area contributed by atoms with E-state index in [-0.39, 0.29) is 5.56 Å². The molecule has 0 amide bonds. The zero-order chi connectivity index (χ0) is 13.1. The molecule has 1 N–H and O–H groups in total. The molecule has 18 heavy (non-hydrogen) atoms. The Balaban J connectivity index is 2.65. The second-order valence-corrected chi connectivity index (χ2v) is 3.88. The fourth-order valence-corrected chi connectivity index (χ4v) is 1.72. The number of nitrogens with zero attached hydrogens (tertiary/aromatic N) is 2. The van der Waals surface area contributed by atoms with E-state index in [1.807, 2.05) is 13.0 Å². The number of aryl methyl sites for hydroxylation is 1. The first kappa shape index (κ1) is 11.8. The van der Waals surface area contributed by atoms with Gasteiger partial charge in [0.05, 0.1) is 6.57 Å². The standard InChI is InChI=1S/C14H10N2O2/c1-9-3-4-16-8-13(9)10-5-11(14(17)18)7-12(6-10)15-2/h3-8H,1H3,(H,17,18). The average molecular weight is 238 g/mol. The highest BCUT2D eigenvalue weighted by Gasteiger charge is 2.09. The van der Waals surface area contributed by atoms with Crippen LogP contribution in [0.15, 0.2) is 36.7 Å². The van der Waals surface area contributed by atoms with Gasteiger partial charge in [-0.2, -0.15) is 0 Å². The third-order valence-electron chi connectivity index (χ3n) is 2.64. The largest absolute Gasteiger partial charge is 0.478 e. The molecule has 1 aromatic heterocycles. The van der Waals surface area contributed by atoms with Gasteiger partial charge in [0.1, 0.15) is 0 Å². The Hall–Kier alpha value is -2.67. The molecule has 0 atom stereocenters. The summed E-state index contributed by atoms with van der Waals surface area (Å²) in [4.78, 5) is 18.3. The molecule has 0 saturated carbocycles. The van der Waals surface area contributed by atoms with Gasteiger partial charge in [-0.3, -0.25) is 4.98 Å². The van der Waals surface area contributed by atoms with Crippen LogP contribution in [-0.4, -0.2) is 16.1 Å². The van der Waals surface area contributed by atoms with Crippen molar-refractivity contribution >= 4 is 11.7 Å². The van der Waals surface area contributed by atoms with Crippen molar-refractivity contribution in [2.75, 3.05) is 0 Å². The molecule has 4 heteroatoms. The topological polar surface area (TPSA) is 54.5 Å². The van der Waals surface area contributed by atoms with Gasteiger partial charge in [-0.05, 0) is 42.3 Å². The lowest BCUT2D eigenvalue weighted by molar-refractivity contribution is 0.0697. The van der Waals surface area contributed by atoms with Gasteiger partial charge in [-0.15, -0.1) is 0 Å². The van der Waals surface area contributed by atoms with Crippen molar-refractivity contribution in [1.29, 1.82) is 0 Å². The van der Waals surface area contributed by atoms with E-state index >= 15 is 0 Å². The van der Waals surface area contributed by atoms with Crippen LogP contribution >= 0.6 is 0 Å². The van der Waals surface area contributed by atoms with E-state index in [2.05, 4.69) is 9.83 Å². The van der Waals surface area contributed by atoms with Gasteiger partial charge in [-0.25, -0.2) is 9.64 Å². The summed E-state index contributed by atoms with van der Waals surface area (Å²) in [5, 5.41) is 9.03. The molecule has 0 aliphatic carbocycles. The SMILES string of the molecule is [C-]#[N+]c1cc(C(=O)O)cc(-c2cnccc2C)c1. The second kappa shape index (κ2) is 4.68. The minimum atomic E-state index is -1.04. The number of benzene rings is 1. The van der Waals surface area contributed by atoms with Gasteiger partial charge >= 0.3 is 5.97 Å². The van der Waals surface area contributed by atoms with Crippen LogP contribution in [0.1, 0.15) is 15.9 Å². The van der Waals surface area contributed by atoms with Crippen LogP contribution in [0.2, 0.25) is 0 Å². The van der Waals surface area contributed by atoms with Crippen LogP contribution in [0.5, 0.6) is 0 Å². The number of pyridine rings is 1. The summed E-state index contributed by atoms with van der Waals surface area (Å²) in [6.45, 7) is 8.93. The van der Waals surface area contributed by atoms with Crippen LogP contribution < -0.4 is 0 Å². The van der Waals surface area contributed by atoms with Crippen molar-refractivity contribution in [2.24, 2.45) is 0 Å². The highest BCUT2D eigenvalue weighted by molar-refractivity contribution is 5.91. The quantitative estimate of drug-likeness (QED) is 0.816. The molecule has 88 valence electrons. The van der Waals surface area contributed by atoms with Gasteiger partial charge in [0.25, 0.3) is 0 Å². The summed E-state index contributed by atoms with van der Waals surface area (Å²) < 4.78 is 0. The molecule has 0 saturated heterocycles. The third kappa shape index (κ3) is 2.20. The highest BCUT2D eigenvalue weighted by atomic mass is 16.4. The molecule has 2 aromatic rings. The number of carboxylic acid groups (broad SMARTS) is 1. The Bertz CT molecular complexity index is 657. The number of aromatic carboxylic acids is 1. The Morgan fingerprint density at radius 2 is 2.17 bits per heavy atom. The molecule has 2 rings (SSSR count). The van der Waals surface area contributed by atoms with E-state index in [1.54, 1.807) is 24.5 Å². The lowest BCUT2D eigenvalue weighted by Gasteiger charge is -2.07. The Morgan fingerprint density at radius 1 is 1.39 bits per heavy atom. The predicted molar refractivity (Wildman–Crippen MR) is 67.6 cm³/mol. The van der Waals surface area contributed by atoms with Crippen molar-refractivity contribution in [3.8, 4) is 11.1 Å². The van der Waals surface area contributed by atoms with Crippen LogP contribution in [-0.2, 0) is 0 Å². The van der Waals surface area contributed by atoms with Crippen LogP contribution in [0.3, 0.4) is 0 Å². The molecule has 0 spiro atoms. The number of hydrogen-bond donors (Lipinski definition) is 1. The number of rotatable bonds is 2. The highest BCUT2D eigenvalue weighted by Crippen LogP contribution is 2.28. The first-order chi connectivity index (χ1) is 8.61. The number of carbonyl (C=O) groups is 1. The normalized spacial score (nSPS) is 9.78. The smallest absolute Gasteiger partial charge is 0.334 e. The second-order valence-electron chi connectivity index (χ2n) is 3.88. The molecule has 1 aromatic carbocycles. The predicted octanol–water partition coefficient (Wildman–Crippen LogP) is 3.31. The molecule has 0 bridgehead atoms. The van der Waals surface area contributed by atoms with Crippen LogP contribution in [0, 0.1) is 13.5 Å². The molecule has 1 heterocycles. The van der Waals surface area contributed by atoms with Crippen molar-refractivity contribution in [2.45, 2.75) is 6.92 Å². The van der Waals surface area contributed by atoms with Crippen molar-refractivity contribution < 1.29 is 9.90 Å². The summed E-state index contributed by atoms with van der Waals surface area (Å²) >= 11 is 0. The van der Waals surface area contributed by atoms with Gasteiger partial charge in [-0.1, -0.05) is 0 Å². The van der Waals surface area contributed by atoms with Crippen LogP contribution in [0.4, 0.5) is 5.69 Å². The zero-order valence-corrected chi connectivity index (χ0v) is 9.71. The fourth-order valence-electron chi connectivity index (χ4n) is 1.72. The number of aromatic nitrogens is 1. The molecule has 0 radical (unpaired) electrons. The number of carboxylic acids is 1. The maximum absolute atomic E-state index is 11.0. The van der Waals surface area contributed by atoms with Gasteiger partial charge in [0.2, 0.25) is 0 Å².